The summed E-state index contributed by atoms with van der Waals surface area (Å²) in [6.45, 7) is 10.7. The van der Waals surface area contributed by atoms with Gasteiger partial charge in [-0.05, 0) is 41.5 Å². The molecule has 1 heterocycles. The zero-order valence-electron chi connectivity index (χ0n) is 13.4. The molecule has 1 aromatic rings. The van der Waals surface area contributed by atoms with Gasteiger partial charge in [0.1, 0.15) is 13.2 Å². The van der Waals surface area contributed by atoms with Gasteiger partial charge in [-0.15, -0.1) is 0 Å². The largest absolute Gasteiger partial charge is 0.486 e. The predicted molar refractivity (Wildman–Crippen MR) is 88.0 cm³/mol. The molecule has 3 nitrogen and oxygen atoms in total. The third kappa shape index (κ3) is 2.18. The van der Waals surface area contributed by atoms with E-state index in [1.54, 1.807) is 0 Å². The standard InChI is InChI=1S/C17H24BrNO2/c1-16(2)15(17(16,3)4)14(19-5)10-8-12-13(9-11(10)18)21-7-6-20-12/h8-9,14-15,19H,6-7H2,1-5H3. The molecule has 2 aliphatic rings. The van der Waals surface area contributed by atoms with Gasteiger partial charge in [0.15, 0.2) is 11.5 Å². The smallest absolute Gasteiger partial charge is 0.162 e. The highest BCUT2D eigenvalue weighted by atomic mass is 79.9. The summed E-state index contributed by atoms with van der Waals surface area (Å²) >= 11 is 3.71. The van der Waals surface area contributed by atoms with E-state index in [9.17, 15) is 0 Å². The molecule has 1 aliphatic carbocycles. The van der Waals surface area contributed by atoms with Crippen LogP contribution in [0.5, 0.6) is 11.5 Å². The maximum atomic E-state index is 5.74. The Bertz CT molecular complexity index is 554. The molecule has 0 amide bonds. The maximum Gasteiger partial charge on any atom is 0.162 e. The van der Waals surface area contributed by atoms with Crippen LogP contribution in [0, 0.1) is 16.7 Å². The summed E-state index contributed by atoms with van der Waals surface area (Å²) in [6, 6.07) is 4.47. The van der Waals surface area contributed by atoms with Gasteiger partial charge in [0, 0.05) is 10.5 Å². The molecule has 21 heavy (non-hydrogen) atoms. The zero-order valence-corrected chi connectivity index (χ0v) is 15.0. The molecule has 4 heteroatoms. The summed E-state index contributed by atoms with van der Waals surface area (Å²) in [7, 11) is 2.04. The Morgan fingerprint density at radius 2 is 1.62 bits per heavy atom. The number of fused-ring (bicyclic) bond motifs is 1. The van der Waals surface area contributed by atoms with Gasteiger partial charge in [0.05, 0.1) is 0 Å². The zero-order chi connectivity index (χ0) is 15.4. The minimum Gasteiger partial charge on any atom is -0.486 e. The Labute approximate surface area is 135 Å². The van der Waals surface area contributed by atoms with E-state index in [1.807, 2.05) is 13.1 Å². The number of hydrogen-bond acceptors (Lipinski definition) is 3. The summed E-state index contributed by atoms with van der Waals surface area (Å²) in [5, 5.41) is 3.51. The van der Waals surface area contributed by atoms with Crippen molar-refractivity contribution >= 4 is 15.9 Å². The van der Waals surface area contributed by atoms with E-state index in [4.69, 9.17) is 9.47 Å². The lowest BCUT2D eigenvalue weighted by Gasteiger charge is -2.24. The van der Waals surface area contributed by atoms with Crippen LogP contribution in [0.1, 0.15) is 39.3 Å². The molecule has 1 unspecified atom stereocenters. The van der Waals surface area contributed by atoms with Gasteiger partial charge in [0.25, 0.3) is 0 Å². The molecule has 0 aromatic heterocycles. The number of nitrogens with one attached hydrogen (secondary N) is 1. The molecule has 0 radical (unpaired) electrons. The number of hydrogen-bond donors (Lipinski definition) is 1. The number of halogens is 1. The fourth-order valence-electron chi connectivity index (χ4n) is 3.90. The van der Waals surface area contributed by atoms with Crippen LogP contribution in [0.2, 0.25) is 0 Å². The maximum absolute atomic E-state index is 5.74. The Balaban J connectivity index is 1.99. The first-order valence-electron chi connectivity index (χ1n) is 7.57. The van der Waals surface area contributed by atoms with Crippen molar-refractivity contribution in [3.05, 3.63) is 22.2 Å². The van der Waals surface area contributed by atoms with Crippen LogP contribution in [0.15, 0.2) is 16.6 Å². The minimum absolute atomic E-state index is 0.306. The Morgan fingerprint density at radius 1 is 1.10 bits per heavy atom. The van der Waals surface area contributed by atoms with Crippen LogP contribution in [-0.4, -0.2) is 20.3 Å². The summed E-state index contributed by atoms with van der Waals surface area (Å²) in [4.78, 5) is 0. The van der Waals surface area contributed by atoms with Gasteiger partial charge in [-0.25, -0.2) is 0 Å². The van der Waals surface area contributed by atoms with Crippen molar-refractivity contribution in [3.63, 3.8) is 0 Å². The van der Waals surface area contributed by atoms with Crippen LogP contribution >= 0.6 is 15.9 Å². The average Bonchev–Trinajstić information content (AvgIpc) is 2.83. The van der Waals surface area contributed by atoms with Crippen molar-refractivity contribution < 1.29 is 9.47 Å². The van der Waals surface area contributed by atoms with Crippen LogP contribution in [0.4, 0.5) is 0 Å². The number of benzene rings is 1. The van der Waals surface area contributed by atoms with Crippen LogP contribution in [-0.2, 0) is 0 Å². The lowest BCUT2D eigenvalue weighted by molar-refractivity contribution is 0.171. The lowest BCUT2D eigenvalue weighted by Crippen LogP contribution is -2.23. The van der Waals surface area contributed by atoms with Crippen LogP contribution in [0.3, 0.4) is 0 Å². The third-order valence-electron chi connectivity index (χ3n) is 5.77. The van der Waals surface area contributed by atoms with Gasteiger partial charge in [-0.1, -0.05) is 43.6 Å². The fourth-order valence-corrected chi connectivity index (χ4v) is 4.47. The Kier molecular flexibility index (Phi) is 3.53. The van der Waals surface area contributed by atoms with Crippen molar-refractivity contribution in [3.8, 4) is 11.5 Å². The van der Waals surface area contributed by atoms with Crippen LogP contribution in [0.25, 0.3) is 0 Å². The van der Waals surface area contributed by atoms with E-state index in [-0.39, 0.29) is 0 Å². The second-order valence-electron chi connectivity index (χ2n) is 7.20. The molecule has 0 spiro atoms. The normalized spacial score (nSPS) is 23.7. The summed E-state index contributed by atoms with van der Waals surface area (Å²) in [5.41, 5.74) is 1.91. The number of ether oxygens (including phenoxy) is 2. The van der Waals surface area contributed by atoms with Gasteiger partial charge < -0.3 is 14.8 Å². The van der Waals surface area contributed by atoms with Crippen LogP contribution < -0.4 is 14.8 Å². The SMILES string of the molecule is CNC(c1cc2c(cc1Br)OCCO2)C1C(C)(C)C1(C)C. The molecule has 0 saturated heterocycles. The monoisotopic (exact) mass is 353 g/mol. The second kappa shape index (κ2) is 4.88. The van der Waals surface area contributed by atoms with E-state index in [0.29, 0.717) is 36.0 Å². The highest BCUT2D eigenvalue weighted by molar-refractivity contribution is 9.10. The first-order chi connectivity index (χ1) is 9.80. The summed E-state index contributed by atoms with van der Waals surface area (Å²) < 4.78 is 12.5. The van der Waals surface area contributed by atoms with Gasteiger partial charge in [0.2, 0.25) is 0 Å². The molecule has 1 aliphatic heterocycles. The predicted octanol–water partition coefficient (Wildman–Crippen LogP) is 4.16. The minimum atomic E-state index is 0.306. The van der Waals surface area contributed by atoms with Crippen molar-refractivity contribution in [1.82, 2.24) is 5.32 Å². The van der Waals surface area contributed by atoms with Gasteiger partial charge in [-0.3, -0.25) is 0 Å². The summed E-state index contributed by atoms with van der Waals surface area (Å²) in [6.07, 6.45) is 0. The first kappa shape index (κ1) is 15.2. The topological polar surface area (TPSA) is 30.5 Å². The van der Waals surface area contributed by atoms with Crippen molar-refractivity contribution in [2.75, 3.05) is 20.3 Å². The third-order valence-corrected chi connectivity index (χ3v) is 6.46. The molecule has 116 valence electrons. The molecule has 1 saturated carbocycles. The molecular formula is C17H24BrNO2. The molecule has 0 bridgehead atoms. The lowest BCUT2D eigenvalue weighted by atomic mass is 9.96. The molecule has 1 atom stereocenters. The van der Waals surface area contributed by atoms with Gasteiger partial charge in [-0.2, -0.15) is 0 Å². The van der Waals surface area contributed by atoms with E-state index in [2.05, 4.69) is 55.0 Å². The molecular weight excluding hydrogens is 330 g/mol. The first-order valence-corrected chi connectivity index (χ1v) is 8.36. The van der Waals surface area contributed by atoms with Crippen molar-refractivity contribution in [2.45, 2.75) is 33.7 Å². The second-order valence-corrected chi connectivity index (χ2v) is 8.06. The Hall–Kier alpha value is -0.740. The molecule has 1 aromatic carbocycles. The highest BCUT2D eigenvalue weighted by Crippen LogP contribution is 2.72. The molecule has 1 fully saturated rings. The van der Waals surface area contributed by atoms with E-state index >= 15 is 0 Å². The fraction of sp³-hybridized carbons (Fsp3) is 0.647. The summed E-state index contributed by atoms with van der Waals surface area (Å²) in [5.74, 6) is 2.28. The van der Waals surface area contributed by atoms with Gasteiger partial charge >= 0.3 is 0 Å². The van der Waals surface area contributed by atoms with Crippen molar-refractivity contribution in [1.29, 1.82) is 0 Å². The van der Waals surface area contributed by atoms with E-state index in [0.717, 1.165) is 16.0 Å². The molecule has 3 rings (SSSR count). The quantitative estimate of drug-likeness (QED) is 0.884. The molecule has 1 N–H and O–H groups in total. The van der Waals surface area contributed by atoms with E-state index in [1.165, 1.54) is 5.56 Å². The number of rotatable bonds is 3. The van der Waals surface area contributed by atoms with Crippen molar-refractivity contribution in [2.24, 2.45) is 16.7 Å². The average molecular weight is 354 g/mol. The van der Waals surface area contributed by atoms with E-state index < -0.39 is 0 Å². The highest BCUT2D eigenvalue weighted by Gasteiger charge is 2.67. The Morgan fingerprint density at radius 3 is 2.10 bits per heavy atom.